The number of benzene rings is 8. The van der Waals surface area contributed by atoms with E-state index in [0.717, 1.165) is 18.5 Å². The van der Waals surface area contributed by atoms with Crippen molar-refractivity contribution in [2.75, 3.05) is 0 Å². The highest BCUT2D eigenvalue weighted by atomic mass is 15.0. The predicted molar refractivity (Wildman–Crippen MR) is 229 cm³/mol. The Kier molecular flexibility index (Phi) is 7.03. The van der Waals surface area contributed by atoms with Crippen LogP contribution in [0.5, 0.6) is 0 Å². The first-order valence-corrected chi connectivity index (χ1v) is 18.9. The number of rotatable bonds is 5. The monoisotopic (exact) mass is 688 g/mol. The first-order valence-electron chi connectivity index (χ1n) is 18.9. The summed E-state index contributed by atoms with van der Waals surface area (Å²) >= 11 is 0. The molecule has 254 valence electrons. The van der Waals surface area contributed by atoms with E-state index in [0.29, 0.717) is 0 Å². The molecule has 54 heavy (non-hydrogen) atoms. The summed E-state index contributed by atoms with van der Waals surface area (Å²) in [6.07, 6.45) is 6.77. The van der Waals surface area contributed by atoms with Gasteiger partial charge in [-0.3, -0.25) is 0 Å². The van der Waals surface area contributed by atoms with Crippen LogP contribution in [0, 0.1) is 0 Å². The van der Waals surface area contributed by atoms with E-state index in [2.05, 4.69) is 203 Å². The Morgan fingerprint density at radius 1 is 0.352 bits per heavy atom. The number of allylic oxidation sites excluding steroid dienone is 1. The molecule has 0 spiro atoms. The SMILES string of the molecule is C1=Cc2c(n(-c3ccc4ccccc4c3)c3ccc(-c4ccc5c(c4)c4ccccc4n5-c4cccc(-c5ccc(-c6ccccc6)cc5)c4)cc23)CC1. The van der Waals surface area contributed by atoms with Crippen LogP contribution in [-0.2, 0) is 6.42 Å². The molecule has 0 fully saturated rings. The zero-order valence-corrected chi connectivity index (χ0v) is 29.8. The van der Waals surface area contributed by atoms with Crippen LogP contribution in [0.4, 0.5) is 0 Å². The van der Waals surface area contributed by atoms with Crippen LogP contribution >= 0.6 is 0 Å². The van der Waals surface area contributed by atoms with Gasteiger partial charge in [0.1, 0.15) is 0 Å². The van der Waals surface area contributed by atoms with Crippen molar-refractivity contribution >= 4 is 49.6 Å². The number of hydrogen-bond donors (Lipinski definition) is 0. The number of fused-ring (bicyclic) bond motifs is 7. The van der Waals surface area contributed by atoms with Gasteiger partial charge in [-0.2, -0.15) is 0 Å². The first kappa shape index (κ1) is 30.7. The standard InChI is InChI=1S/C52H36N2/c1-2-11-35(12-3-1)37-21-23-38(24-22-37)40-15-10-16-43(31-40)53-49-19-8-6-17-45(49)47-33-41(26-29-51(47)53)42-27-30-52-48(34-42)46-18-7-9-20-50(46)54(52)44-28-25-36-13-4-5-14-39(36)32-44/h1-8,10-19,21-34H,9,20H2. The Bertz CT molecular complexity index is 3080. The normalized spacial score (nSPS) is 12.6. The van der Waals surface area contributed by atoms with Crippen molar-refractivity contribution in [2.24, 2.45) is 0 Å². The second kappa shape index (κ2) is 12.4. The minimum atomic E-state index is 1.04. The van der Waals surface area contributed by atoms with Crippen LogP contribution < -0.4 is 0 Å². The van der Waals surface area contributed by atoms with Crippen LogP contribution in [-0.4, -0.2) is 9.13 Å². The fourth-order valence-corrected chi connectivity index (χ4v) is 8.75. The molecule has 1 aliphatic rings. The quantitative estimate of drug-likeness (QED) is 0.170. The van der Waals surface area contributed by atoms with Crippen molar-refractivity contribution in [2.45, 2.75) is 12.8 Å². The molecule has 0 N–H and O–H groups in total. The molecule has 8 aromatic carbocycles. The molecule has 0 saturated carbocycles. The maximum absolute atomic E-state index is 2.49. The number of para-hydroxylation sites is 1. The van der Waals surface area contributed by atoms with Crippen molar-refractivity contribution in [3.8, 4) is 44.8 Å². The fourth-order valence-electron chi connectivity index (χ4n) is 8.75. The summed E-state index contributed by atoms with van der Waals surface area (Å²) in [5.41, 5.74) is 16.2. The second-order valence-electron chi connectivity index (χ2n) is 14.5. The molecule has 1 aliphatic carbocycles. The number of hydrogen-bond acceptors (Lipinski definition) is 0. The van der Waals surface area contributed by atoms with Crippen molar-refractivity contribution in [1.29, 1.82) is 0 Å². The van der Waals surface area contributed by atoms with Gasteiger partial charge < -0.3 is 9.13 Å². The molecule has 10 aromatic rings. The molecule has 0 unspecified atom stereocenters. The molecular formula is C52H36N2. The summed E-state index contributed by atoms with van der Waals surface area (Å²) in [6, 6.07) is 66.8. The van der Waals surface area contributed by atoms with Gasteiger partial charge in [0, 0.05) is 38.8 Å². The Hall–Kier alpha value is -6.90. The molecule has 0 atom stereocenters. The van der Waals surface area contributed by atoms with E-state index in [4.69, 9.17) is 0 Å². The molecule has 0 radical (unpaired) electrons. The summed E-state index contributed by atoms with van der Waals surface area (Å²) in [4.78, 5) is 0. The van der Waals surface area contributed by atoms with Crippen LogP contribution in [0.1, 0.15) is 17.7 Å². The lowest BCUT2D eigenvalue weighted by Crippen LogP contribution is -2.02. The van der Waals surface area contributed by atoms with Gasteiger partial charge in [0.05, 0.1) is 16.6 Å². The molecule has 2 nitrogen and oxygen atoms in total. The maximum Gasteiger partial charge on any atom is 0.0541 e. The lowest BCUT2D eigenvalue weighted by atomic mass is 9.98. The van der Waals surface area contributed by atoms with E-state index in [1.165, 1.54) is 93.8 Å². The summed E-state index contributed by atoms with van der Waals surface area (Å²) in [5, 5.41) is 6.37. The average molecular weight is 689 g/mol. The molecule has 2 aromatic heterocycles. The van der Waals surface area contributed by atoms with Gasteiger partial charge in [-0.25, -0.2) is 0 Å². The molecular weight excluding hydrogens is 653 g/mol. The van der Waals surface area contributed by atoms with Crippen LogP contribution in [0.25, 0.3) is 94.3 Å². The topological polar surface area (TPSA) is 9.86 Å². The number of nitrogens with zero attached hydrogens (tertiary/aromatic N) is 2. The summed E-state index contributed by atoms with van der Waals surface area (Å²) in [6.45, 7) is 0. The van der Waals surface area contributed by atoms with E-state index in [1.54, 1.807) is 0 Å². The number of aromatic nitrogens is 2. The Morgan fingerprint density at radius 2 is 0.944 bits per heavy atom. The van der Waals surface area contributed by atoms with Gasteiger partial charge in [-0.1, -0.05) is 140 Å². The molecule has 0 saturated heterocycles. The zero-order valence-electron chi connectivity index (χ0n) is 29.8. The van der Waals surface area contributed by atoms with Gasteiger partial charge in [-0.15, -0.1) is 0 Å². The van der Waals surface area contributed by atoms with Gasteiger partial charge in [0.2, 0.25) is 0 Å². The van der Waals surface area contributed by atoms with Gasteiger partial charge in [0.25, 0.3) is 0 Å². The van der Waals surface area contributed by atoms with E-state index in [1.807, 2.05) is 0 Å². The molecule has 0 amide bonds. The molecule has 2 heteroatoms. The van der Waals surface area contributed by atoms with Crippen molar-refractivity contribution in [1.82, 2.24) is 9.13 Å². The van der Waals surface area contributed by atoms with Gasteiger partial charge in [-0.05, 0) is 112 Å². The Balaban J connectivity index is 1.01. The third-order valence-corrected chi connectivity index (χ3v) is 11.4. The lowest BCUT2D eigenvalue weighted by molar-refractivity contribution is 0.889. The highest BCUT2D eigenvalue weighted by Crippen LogP contribution is 2.40. The third kappa shape index (κ3) is 4.95. The first-order chi connectivity index (χ1) is 26.8. The highest BCUT2D eigenvalue weighted by molar-refractivity contribution is 6.11. The summed E-state index contributed by atoms with van der Waals surface area (Å²) in [5.74, 6) is 0. The van der Waals surface area contributed by atoms with Gasteiger partial charge in [0.15, 0.2) is 0 Å². The maximum atomic E-state index is 2.49. The van der Waals surface area contributed by atoms with Crippen molar-refractivity contribution in [3.63, 3.8) is 0 Å². The van der Waals surface area contributed by atoms with Crippen LogP contribution in [0.3, 0.4) is 0 Å². The average Bonchev–Trinajstić information content (AvgIpc) is 3.76. The van der Waals surface area contributed by atoms with Gasteiger partial charge >= 0.3 is 0 Å². The molecule has 2 heterocycles. The third-order valence-electron chi connectivity index (χ3n) is 11.4. The van der Waals surface area contributed by atoms with E-state index >= 15 is 0 Å². The smallest absolute Gasteiger partial charge is 0.0541 e. The van der Waals surface area contributed by atoms with Crippen molar-refractivity contribution < 1.29 is 0 Å². The molecule has 11 rings (SSSR count). The van der Waals surface area contributed by atoms with E-state index in [-0.39, 0.29) is 0 Å². The fraction of sp³-hybridized carbons (Fsp3) is 0.0385. The second-order valence-corrected chi connectivity index (χ2v) is 14.5. The van der Waals surface area contributed by atoms with Crippen LogP contribution in [0.2, 0.25) is 0 Å². The largest absolute Gasteiger partial charge is 0.313 e. The summed E-state index contributed by atoms with van der Waals surface area (Å²) < 4.78 is 4.91. The summed E-state index contributed by atoms with van der Waals surface area (Å²) in [7, 11) is 0. The highest BCUT2D eigenvalue weighted by Gasteiger charge is 2.20. The minimum absolute atomic E-state index is 1.04. The molecule has 0 aliphatic heterocycles. The predicted octanol–water partition coefficient (Wildman–Crippen LogP) is 13.8. The molecule has 0 bridgehead atoms. The Morgan fingerprint density at radius 3 is 1.78 bits per heavy atom. The van der Waals surface area contributed by atoms with Crippen LogP contribution in [0.15, 0.2) is 188 Å². The van der Waals surface area contributed by atoms with E-state index < -0.39 is 0 Å². The van der Waals surface area contributed by atoms with E-state index in [9.17, 15) is 0 Å². The minimum Gasteiger partial charge on any atom is -0.313 e. The van der Waals surface area contributed by atoms with Crippen molar-refractivity contribution in [3.05, 3.63) is 199 Å². The lowest BCUT2D eigenvalue weighted by Gasteiger charge is -2.14. The zero-order chi connectivity index (χ0) is 35.6. The Labute approximate surface area is 314 Å².